The number of alkyl halides is 1. The van der Waals surface area contributed by atoms with E-state index in [1.807, 2.05) is 0 Å². The summed E-state index contributed by atoms with van der Waals surface area (Å²) in [6.45, 7) is 0. The van der Waals surface area contributed by atoms with Crippen LogP contribution in [0.3, 0.4) is 0 Å². The summed E-state index contributed by atoms with van der Waals surface area (Å²) in [4.78, 5) is 9.57. The molecule has 0 saturated heterocycles. The van der Waals surface area contributed by atoms with Gasteiger partial charge >= 0.3 is 35.5 Å². The van der Waals surface area contributed by atoms with E-state index in [-0.39, 0.29) is 36.0 Å². The van der Waals surface area contributed by atoms with E-state index < -0.39 is 5.97 Å². The molecule has 0 heterocycles. The van der Waals surface area contributed by atoms with Crippen molar-refractivity contribution < 1.29 is 9.90 Å². The van der Waals surface area contributed by atoms with Crippen molar-refractivity contribution in [3.8, 4) is 0 Å². The van der Waals surface area contributed by atoms with E-state index in [1.54, 1.807) is 0 Å². The number of carboxylic acid groups (broad SMARTS) is 1. The summed E-state index contributed by atoms with van der Waals surface area (Å²) >= 11 is 2.97. The molecule has 0 aliphatic heterocycles. The van der Waals surface area contributed by atoms with Crippen molar-refractivity contribution in [2.45, 2.75) is 6.42 Å². The van der Waals surface area contributed by atoms with Crippen molar-refractivity contribution in [1.29, 1.82) is 0 Å². The summed E-state index contributed by atoms with van der Waals surface area (Å²) in [5.74, 6) is -0.758. The number of rotatable bonds is 2. The first-order valence-corrected chi connectivity index (χ1v) is 2.67. The van der Waals surface area contributed by atoms with Gasteiger partial charge in [-0.25, -0.2) is 0 Å². The fourth-order valence-corrected chi connectivity index (χ4v) is 0.420. The standard InChI is InChI=1S/C3H5BrO2.Na.H/c4-2-1-3(5)6;;/h1-2H2,(H,5,6);;. The minimum absolute atomic E-state index is 0. The summed E-state index contributed by atoms with van der Waals surface area (Å²) in [6.07, 6.45) is 0.208. The Hall–Kier alpha value is 0.950. The molecular weight excluding hydrogens is 171 g/mol. The fourth-order valence-electron chi connectivity index (χ4n) is 0.0808. The SMILES string of the molecule is O=C(O)CCBr.[NaH]. The van der Waals surface area contributed by atoms with Gasteiger partial charge in [0.05, 0.1) is 6.42 Å². The predicted octanol–water partition coefficient (Wildman–Crippen LogP) is 0.208. The Morgan fingerprint density at radius 1 is 1.71 bits per heavy atom. The van der Waals surface area contributed by atoms with E-state index in [9.17, 15) is 4.79 Å². The topological polar surface area (TPSA) is 37.3 Å². The van der Waals surface area contributed by atoms with Crippen LogP contribution in [0.15, 0.2) is 0 Å². The Bertz CT molecular complexity index is 56.9. The van der Waals surface area contributed by atoms with Crippen LogP contribution in [-0.2, 0) is 4.79 Å². The van der Waals surface area contributed by atoms with E-state index in [0.717, 1.165) is 0 Å². The normalized spacial score (nSPS) is 7.00. The molecule has 2 nitrogen and oxygen atoms in total. The van der Waals surface area contributed by atoms with Gasteiger partial charge in [-0.3, -0.25) is 4.79 Å². The maximum atomic E-state index is 9.57. The Morgan fingerprint density at radius 2 is 2.14 bits per heavy atom. The summed E-state index contributed by atoms with van der Waals surface area (Å²) < 4.78 is 0. The van der Waals surface area contributed by atoms with Crippen LogP contribution in [0, 0.1) is 0 Å². The van der Waals surface area contributed by atoms with E-state index in [2.05, 4.69) is 15.9 Å². The van der Waals surface area contributed by atoms with Crippen molar-refractivity contribution in [2.24, 2.45) is 0 Å². The molecule has 0 aromatic heterocycles. The van der Waals surface area contributed by atoms with Gasteiger partial charge in [0.2, 0.25) is 0 Å². The molecule has 0 rings (SSSR count). The Kier molecular flexibility index (Phi) is 10.8. The minimum atomic E-state index is -0.758. The fraction of sp³-hybridized carbons (Fsp3) is 0.667. The first kappa shape index (κ1) is 10.8. The first-order chi connectivity index (χ1) is 2.77. The van der Waals surface area contributed by atoms with Crippen LogP contribution in [-0.4, -0.2) is 46.0 Å². The van der Waals surface area contributed by atoms with Crippen LogP contribution < -0.4 is 0 Å². The molecule has 0 bridgehead atoms. The van der Waals surface area contributed by atoms with E-state index in [4.69, 9.17) is 5.11 Å². The summed E-state index contributed by atoms with van der Waals surface area (Å²) in [5, 5.41) is 8.43. The van der Waals surface area contributed by atoms with E-state index in [0.29, 0.717) is 5.33 Å². The van der Waals surface area contributed by atoms with Crippen LogP contribution in [0.4, 0.5) is 0 Å². The number of carboxylic acids is 1. The number of hydrogen-bond acceptors (Lipinski definition) is 1. The van der Waals surface area contributed by atoms with Gasteiger partial charge in [-0.15, -0.1) is 0 Å². The number of halogens is 1. The molecule has 0 radical (unpaired) electrons. The third-order valence-electron chi connectivity index (χ3n) is 0.308. The van der Waals surface area contributed by atoms with E-state index in [1.165, 1.54) is 0 Å². The quantitative estimate of drug-likeness (QED) is 0.483. The third kappa shape index (κ3) is 10.9. The van der Waals surface area contributed by atoms with Crippen molar-refractivity contribution in [3.05, 3.63) is 0 Å². The molecule has 0 saturated carbocycles. The van der Waals surface area contributed by atoms with E-state index >= 15 is 0 Å². The van der Waals surface area contributed by atoms with Crippen LogP contribution in [0.5, 0.6) is 0 Å². The zero-order chi connectivity index (χ0) is 4.99. The molecule has 0 aromatic rings. The number of hydrogen-bond donors (Lipinski definition) is 1. The van der Waals surface area contributed by atoms with Gasteiger partial charge in [0.1, 0.15) is 0 Å². The molecule has 0 aromatic carbocycles. The molecule has 0 amide bonds. The summed E-state index contributed by atoms with van der Waals surface area (Å²) in [5.41, 5.74) is 0. The Labute approximate surface area is 72.7 Å². The van der Waals surface area contributed by atoms with Crippen molar-refractivity contribution in [2.75, 3.05) is 5.33 Å². The predicted molar refractivity (Wildman–Crippen MR) is 33.2 cm³/mol. The van der Waals surface area contributed by atoms with Crippen molar-refractivity contribution in [1.82, 2.24) is 0 Å². The van der Waals surface area contributed by atoms with Gasteiger partial charge in [-0.1, -0.05) is 15.9 Å². The number of aliphatic carboxylic acids is 1. The second-order valence-corrected chi connectivity index (χ2v) is 1.63. The zero-order valence-corrected chi connectivity index (χ0v) is 4.73. The van der Waals surface area contributed by atoms with Crippen LogP contribution in [0.25, 0.3) is 0 Å². The average molecular weight is 177 g/mol. The zero-order valence-electron chi connectivity index (χ0n) is 3.15. The molecule has 0 unspecified atom stereocenters. The maximum absolute atomic E-state index is 9.57. The first-order valence-electron chi connectivity index (χ1n) is 1.55. The second kappa shape index (κ2) is 6.95. The molecule has 0 aliphatic rings. The monoisotopic (exact) mass is 176 g/mol. The Balaban J connectivity index is 0. The van der Waals surface area contributed by atoms with Crippen molar-refractivity contribution in [3.63, 3.8) is 0 Å². The van der Waals surface area contributed by atoms with Gasteiger partial charge in [0.25, 0.3) is 0 Å². The average Bonchev–Trinajstić information content (AvgIpc) is 1.35. The van der Waals surface area contributed by atoms with Gasteiger partial charge in [0.15, 0.2) is 0 Å². The molecule has 7 heavy (non-hydrogen) atoms. The third-order valence-corrected chi connectivity index (χ3v) is 0.705. The van der Waals surface area contributed by atoms with Crippen molar-refractivity contribution >= 4 is 51.5 Å². The van der Waals surface area contributed by atoms with Crippen LogP contribution in [0.2, 0.25) is 0 Å². The molecule has 0 aliphatic carbocycles. The van der Waals surface area contributed by atoms with Crippen LogP contribution in [0.1, 0.15) is 6.42 Å². The summed E-state index contributed by atoms with van der Waals surface area (Å²) in [7, 11) is 0. The number of carbonyl (C=O) groups is 1. The molecule has 1 N–H and O–H groups in total. The Morgan fingerprint density at radius 3 is 2.14 bits per heavy atom. The molecule has 4 heteroatoms. The van der Waals surface area contributed by atoms with Gasteiger partial charge in [-0.05, 0) is 0 Å². The molecule has 0 fully saturated rings. The molecule has 38 valence electrons. The van der Waals surface area contributed by atoms with Gasteiger partial charge < -0.3 is 5.11 Å². The van der Waals surface area contributed by atoms with Crippen LogP contribution >= 0.6 is 15.9 Å². The molecule has 0 atom stereocenters. The van der Waals surface area contributed by atoms with Gasteiger partial charge in [0, 0.05) is 5.33 Å². The second-order valence-electron chi connectivity index (χ2n) is 0.833. The van der Waals surface area contributed by atoms with Gasteiger partial charge in [-0.2, -0.15) is 0 Å². The molecule has 0 spiro atoms. The molecular formula is C3H6BrNaO2. The summed E-state index contributed by atoms with van der Waals surface area (Å²) in [6, 6.07) is 0.